The van der Waals surface area contributed by atoms with Crippen LogP contribution in [0.1, 0.15) is 17.8 Å². The molecule has 5 rings (SSSR count). The first-order chi connectivity index (χ1) is 14.3. The van der Waals surface area contributed by atoms with E-state index in [1.54, 1.807) is 11.3 Å². The summed E-state index contributed by atoms with van der Waals surface area (Å²) >= 11 is 1.69. The van der Waals surface area contributed by atoms with Gasteiger partial charge in [0.1, 0.15) is 0 Å². The average Bonchev–Trinajstić information content (AvgIpc) is 3.28. The van der Waals surface area contributed by atoms with Crippen molar-refractivity contribution < 1.29 is 4.79 Å². The number of thiazole rings is 1. The van der Waals surface area contributed by atoms with Gasteiger partial charge in [0, 0.05) is 39.0 Å². The van der Waals surface area contributed by atoms with E-state index in [4.69, 9.17) is 4.98 Å². The van der Waals surface area contributed by atoms with Crippen molar-refractivity contribution in [2.45, 2.75) is 19.3 Å². The summed E-state index contributed by atoms with van der Waals surface area (Å²) in [5.41, 5.74) is 3.06. The molecular weight excluding hydrogens is 382 g/mol. The molecule has 2 aromatic heterocycles. The Bertz CT molecular complexity index is 1080. The summed E-state index contributed by atoms with van der Waals surface area (Å²) in [4.78, 5) is 29.8. The van der Waals surface area contributed by atoms with Gasteiger partial charge in [0.25, 0.3) is 0 Å². The lowest BCUT2D eigenvalue weighted by Crippen LogP contribution is -2.35. The van der Waals surface area contributed by atoms with Crippen LogP contribution in [0.4, 0.5) is 5.95 Å². The van der Waals surface area contributed by atoms with E-state index >= 15 is 0 Å². The molecule has 1 aliphatic heterocycles. The molecule has 0 aliphatic carbocycles. The van der Waals surface area contributed by atoms with Crippen molar-refractivity contribution in [1.29, 1.82) is 0 Å². The monoisotopic (exact) mass is 405 g/mol. The Morgan fingerprint density at radius 3 is 2.66 bits per heavy atom. The minimum atomic E-state index is 0.218. The Labute approximate surface area is 173 Å². The van der Waals surface area contributed by atoms with Gasteiger partial charge in [-0.25, -0.2) is 9.97 Å². The second-order valence-corrected chi connectivity index (χ2v) is 8.49. The Morgan fingerprint density at radius 2 is 1.79 bits per heavy atom. The topological polar surface area (TPSA) is 65.1 Å². The molecule has 2 aromatic carbocycles. The molecule has 1 aliphatic rings. The van der Waals surface area contributed by atoms with Gasteiger partial charge in [-0.3, -0.25) is 4.79 Å². The van der Waals surface area contributed by atoms with Crippen molar-refractivity contribution in [3.05, 3.63) is 53.5 Å². The van der Waals surface area contributed by atoms with E-state index in [0.717, 1.165) is 60.1 Å². The number of para-hydroxylation sites is 3. The first kappa shape index (κ1) is 18.1. The molecule has 148 valence electrons. The van der Waals surface area contributed by atoms with Crippen LogP contribution in [0.25, 0.3) is 21.3 Å². The first-order valence-electron chi connectivity index (χ1n) is 10.1. The third-order valence-electron chi connectivity index (χ3n) is 5.42. The highest BCUT2D eigenvalue weighted by Gasteiger charge is 2.21. The zero-order valence-corrected chi connectivity index (χ0v) is 17.0. The van der Waals surface area contributed by atoms with Crippen LogP contribution >= 0.6 is 11.3 Å². The number of rotatable bonds is 4. The maximum absolute atomic E-state index is 12.8. The molecule has 1 N–H and O–H groups in total. The van der Waals surface area contributed by atoms with Gasteiger partial charge in [0.15, 0.2) is 0 Å². The molecule has 0 atom stereocenters. The number of aromatic amines is 1. The van der Waals surface area contributed by atoms with E-state index in [9.17, 15) is 4.79 Å². The van der Waals surface area contributed by atoms with Crippen LogP contribution in [0.3, 0.4) is 0 Å². The van der Waals surface area contributed by atoms with Gasteiger partial charge >= 0.3 is 0 Å². The molecule has 6 nitrogen and oxygen atoms in total. The van der Waals surface area contributed by atoms with Gasteiger partial charge < -0.3 is 14.8 Å². The summed E-state index contributed by atoms with van der Waals surface area (Å²) in [6.07, 6.45) is 2.18. The predicted octanol–water partition coefficient (Wildman–Crippen LogP) is 3.84. The molecule has 0 bridgehead atoms. The number of nitrogens with one attached hydrogen (secondary N) is 1. The highest BCUT2D eigenvalue weighted by Crippen LogP contribution is 2.23. The van der Waals surface area contributed by atoms with Crippen LogP contribution in [0.15, 0.2) is 48.5 Å². The van der Waals surface area contributed by atoms with Crippen molar-refractivity contribution in [3.63, 3.8) is 0 Å². The molecule has 0 spiro atoms. The lowest BCUT2D eigenvalue weighted by Gasteiger charge is -2.21. The largest absolute Gasteiger partial charge is 0.341 e. The number of benzene rings is 2. The number of aromatic nitrogens is 3. The molecule has 3 heterocycles. The number of carbonyl (C=O) groups is 1. The number of hydrogen-bond donors (Lipinski definition) is 1. The molecular formula is C22H23N5OS. The highest BCUT2D eigenvalue weighted by molar-refractivity contribution is 7.18. The molecule has 0 saturated carbocycles. The molecule has 1 saturated heterocycles. The third kappa shape index (κ3) is 3.82. The number of nitrogens with zero attached hydrogens (tertiary/aromatic N) is 4. The van der Waals surface area contributed by atoms with Gasteiger partial charge in [-0.2, -0.15) is 0 Å². The third-order valence-corrected chi connectivity index (χ3v) is 6.51. The second-order valence-electron chi connectivity index (χ2n) is 7.37. The zero-order valence-electron chi connectivity index (χ0n) is 16.2. The molecule has 1 fully saturated rings. The van der Waals surface area contributed by atoms with Crippen molar-refractivity contribution >= 4 is 44.4 Å². The van der Waals surface area contributed by atoms with Gasteiger partial charge in [0.2, 0.25) is 11.9 Å². The second kappa shape index (κ2) is 7.83. The Hall–Kier alpha value is -2.93. The molecule has 4 aromatic rings. The number of fused-ring (bicyclic) bond motifs is 2. The average molecular weight is 406 g/mol. The number of carbonyl (C=O) groups excluding carboxylic acids is 1. The zero-order chi connectivity index (χ0) is 19.6. The van der Waals surface area contributed by atoms with Gasteiger partial charge in [0.05, 0.1) is 26.3 Å². The van der Waals surface area contributed by atoms with E-state index in [1.165, 1.54) is 4.70 Å². The van der Waals surface area contributed by atoms with E-state index < -0.39 is 0 Å². The summed E-state index contributed by atoms with van der Waals surface area (Å²) in [7, 11) is 0. The van der Waals surface area contributed by atoms with Gasteiger partial charge in [-0.05, 0) is 30.7 Å². The standard InChI is InChI=1S/C22H23N5OS/c28-21(11-10-20-23-18-8-3-4-9-19(18)29-20)26-12-5-13-27(15-14-26)22-24-16-6-1-2-7-17(16)25-22/h1-4,6-9H,5,10-15H2,(H,24,25). The van der Waals surface area contributed by atoms with Crippen molar-refractivity contribution in [2.75, 3.05) is 31.1 Å². The van der Waals surface area contributed by atoms with Crippen molar-refractivity contribution in [2.24, 2.45) is 0 Å². The number of hydrogen-bond acceptors (Lipinski definition) is 5. The number of aryl methyl sites for hydroxylation is 1. The van der Waals surface area contributed by atoms with Crippen LogP contribution in [-0.2, 0) is 11.2 Å². The molecule has 0 unspecified atom stereocenters. The van der Waals surface area contributed by atoms with Crippen molar-refractivity contribution in [1.82, 2.24) is 19.9 Å². The summed E-state index contributed by atoms with van der Waals surface area (Å²) < 4.78 is 1.19. The highest BCUT2D eigenvalue weighted by atomic mass is 32.1. The molecule has 29 heavy (non-hydrogen) atoms. The number of H-pyrrole nitrogens is 1. The van der Waals surface area contributed by atoms with E-state index in [1.807, 2.05) is 47.4 Å². The molecule has 0 radical (unpaired) electrons. The van der Waals surface area contributed by atoms with Crippen LogP contribution in [0.2, 0.25) is 0 Å². The molecule has 7 heteroatoms. The SMILES string of the molecule is O=C(CCc1nc2ccccc2s1)N1CCCN(c2nc3ccccc3[nH]2)CC1. The lowest BCUT2D eigenvalue weighted by molar-refractivity contribution is -0.130. The fourth-order valence-corrected chi connectivity index (χ4v) is 4.83. The Kier molecular flexibility index (Phi) is 4.89. The fraction of sp³-hybridized carbons (Fsp3) is 0.318. The van der Waals surface area contributed by atoms with Gasteiger partial charge in [-0.1, -0.05) is 24.3 Å². The fourth-order valence-electron chi connectivity index (χ4n) is 3.87. The quantitative estimate of drug-likeness (QED) is 0.560. The van der Waals surface area contributed by atoms with E-state index in [-0.39, 0.29) is 5.91 Å². The summed E-state index contributed by atoms with van der Waals surface area (Å²) in [6, 6.07) is 16.2. The van der Waals surface area contributed by atoms with Crippen LogP contribution in [0.5, 0.6) is 0 Å². The smallest absolute Gasteiger partial charge is 0.223 e. The van der Waals surface area contributed by atoms with Crippen LogP contribution < -0.4 is 4.90 Å². The Morgan fingerprint density at radius 1 is 0.966 bits per heavy atom. The van der Waals surface area contributed by atoms with Crippen molar-refractivity contribution in [3.8, 4) is 0 Å². The first-order valence-corrected chi connectivity index (χ1v) is 10.9. The predicted molar refractivity (Wildman–Crippen MR) is 117 cm³/mol. The maximum Gasteiger partial charge on any atom is 0.223 e. The molecule has 1 amide bonds. The summed E-state index contributed by atoms with van der Waals surface area (Å²) in [6.45, 7) is 3.24. The normalized spacial score (nSPS) is 15.2. The van der Waals surface area contributed by atoms with Crippen LogP contribution in [-0.4, -0.2) is 51.9 Å². The summed E-state index contributed by atoms with van der Waals surface area (Å²) in [5, 5.41) is 1.04. The number of imidazole rings is 1. The Balaban J connectivity index is 1.20. The number of anilines is 1. The number of amides is 1. The lowest BCUT2D eigenvalue weighted by atomic mass is 10.2. The van der Waals surface area contributed by atoms with E-state index in [2.05, 4.69) is 20.9 Å². The summed E-state index contributed by atoms with van der Waals surface area (Å²) in [5.74, 6) is 1.12. The minimum Gasteiger partial charge on any atom is -0.341 e. The maximum atomic E-state index is 12.8. The van der Waals surface area contributed by atoms with Gasteiger partial charge in [-0.15, -0.1) is 11.3 Å². The van der Waals surface area contributed by atoms with Crippen LogP contribution in [0, 0.1) is 0 Å². The minimum absolute atomic E-state index is 0.218. The van der Waals surface area contributed by atoms with E-state index in [0.29, 0.717) is 12.8 Å².